The van der Waals surface area contributed by atoms with Crippen molar-refractivity contribution in [3.05, 3.63) is 81.6 Å². The van der Waals surface area contributed by atoms with Crippen molar-refractivity contribution in [1.29, 1.82) is 0 Å². The van der Waals surface area contributed by atoms with Crippen LogP contribution in [0.2, 0.25) is 0 Å². The SMILES string of the molecule is Cc1cccc2cc(CN(Cc3ccccc3)C(=O)C(C)C)c(=O)[nH]c12. The van der Waals surface area contributed by atoms with Gasteiger partial charge >= 0.3 is 0 Å². The zero-order chi connectivity index (χ0) is 18.7. The Kier molecular flexibility index (Phi) is 5.21. The lowest BCUT2D eigenvalue weighted by molar-refractivity contribution is -0.135. The number of aryl methyl sites for hydroxylation is 1. The van der Waals surface area contributed by atoms with E-state index in [1.54, 1.807) is 4.90 Å². The van der Waals surface area contributed by atoms with Gasteiger partial charge in [-0.1, -0.05) is 62.4 Å². The summed E-state index contributed by atoms with van der Waals surface area (Å²) in [5, 5.41) is 0.983. The number of H-pyrrole nitrogens is 1. The molecule has 3 rings (SSSR count). The van der Waals surface area contributed by atoms with E-state index in [-0.39, 0.29) is 17.4 Å². The zero-order valence-electron chi connectivity index (χ0n) is 15.5. The molecular weight excluding hydrogens is 324 g/mol. The van der Waals surface area contributed by atoms with E-state index in [9.17, 15) is 9.59 Å². The number of carbonyl (C=O) groups excluding carboxylic acids is 1. The number of aromatic amines is 1. The lowest BCUT2D eigenvalue weighted by Gasteiger charge is -2.25. The van der Waals surface area contributed by atoms with Crippen molar-refractivity contribution < 1.29 is 4.79 Å². The maximum Gasteiger partial charge on any atom is 0.253 e. The van der Waals surface area contributed by atoms with Gasteiger partial charge in [-0.15, -0.1) is 0 Å². The highest BCUT2D eigenvalue weighted by Crippen LogP contribution is 2.17. The number of fused-ring (bicyclic) bond motifs is 1. The fourth-order valence-corrected chi connectivity index (χ4v) is 3.13. The highest BCUT2D eigenvalue weighted by atomic mass is 16.2. The molecule has 0 aliphatic carbocycles. The zero-order valence-corrected chi connectivity index (χ0v) is 15.5. The van der Waals surface area contributed by atoms with E-state index in [2.05, 4.69) is 4.98 Å². The molecule has 3 aromatic rings. The summed E-state index contributed by atoms with van der Waals surface area (Å²) in [6.45, 7) is 6.53. The minimum absolute atomic E-state index is 0.0394. The molecule has 0 fully saturated rings. The molecular formula is C22H24N2O2. The summed E-state index contributed by atoms with van der Waals surface area (Å²) in [5.74, 6) is -0.0851. The van der Waals surface area contributed by atoms with E-state index < -0.39 is 0 Å². The summed E-state index contributed by atoms with van der Waals surface area (Å²) in [5.41, 5.74) is 3.40. The van der Waals surface area contributed by atoms with E-state index in [4.69, 9.17) is 0 Å². The third-order valence-corrected chi connectivity index (χ3v) is 4.55. The van der Waals surface area contributed by atoms with E-state index in [0.29, 0.717) is 18.7 Å². The Bertz CT molecular complexity index is 974. The Hall–Kier alpha value is -2.88. The quantitative estimate of drug-likeness (QED) is 0.757. The van der Waals surface area contributed by atoms with Gasteiger partial charge in [0.1, 0.15) is 0 Å². The number of hydrogen-bond acceptors (Lipinski definition) is 2. The van der Waals surface area contributed by atoms with Crippen LogP contribution in [0.5, 0.6) is 0 Å². The smallest absolute Gasteiger partial charge is 0.253 e. The van der Waals surface area contributed by atoms with Crippen LogP contribution in [0.4, 0.5) is 0 Å². The molecule has 0 aliphatic heterocycles. The number of amides is 1. The van der Waals surface area contributed by atoms with Gasteiger partial charge in [-0.25, -0.2) is 0 Å². The maximum atomic E-state index is 12.7. The van der Waals surface area contributed by atoms with Crippen LogP contribution >= 0.6 is 0 Å². The highest BCUT2D eigenvalue weighted by molar-refractivity contribution is 5.82. The highest BCUT2D eigenvalue weighted by Gasteiger charge is 2.19. The molecule has 134 valence electrons. The summed E-state index contributed by atoms with van der Waals surface area (Å²) >= 11 is 0. The summed E-state index contributed by atoms with van der Waals surface area (Å²) in [4.78, 5) is 30.0. The third kappa shape index (κ3) is 3.85. The maximum absolute atomic E-state index is 12.7. The Morgan fingerprint density at radius 3 is 2.46 bits per heavy atom. The molecule has 0 saturated carbocycles. The van der Waals surface area contributed by atoms with E-state index in [1.807, 2.05) is 75.4 Å². The van der Waals surface area contributed by atoms with Gasteiger partial charge in [0.05, 0.1) is 12.1 Å². The molecule has 2 aromatic carbocycles. The van der Waals surface area contributed by atoms with Gasteiger partial charge in [0.2, 0.25) is 5.91 Å². The van der Waals surface area contributed by atoms with Gasteiger partial charge in [-0.3, -0.25) is 9.59 Å². The van der Waals surface area contributed by atoms with Crippen LogP contribution in [0.1, 0.15) is 30.5 Å². The molecule has 0 bridgehead atoms. The Labute approximate surface area is 153 Å². The fourth-order valence-electron chi connectivity index (χ4n) is 3.13. The third-order valence-electron chi connectivity index (χ3n) is 4.55. The average Bonchev–Trinajstić information content (AvgIpc) is 2.63. The second kappa shape index (κ2) is 7.56. The number of hydrogen-bond donors (Lipinski definition) is 1. The van der Waals surface area contributed by atoms with Gasteiger partial charge in [-0.05, 0) is 29.5 Å². The van der Waals surface area contributed by atoms with E-state index in [0.717, 1.165) is 22.0 Å². The second-order valence-electron chi connectivity index (χ2n) is 7.00. The number of pyridine rings is 1. The number of carbonyl (C=O) groups is 1. The second-order valence-corrected chi connectivity index (χ2v) is 7.00. The molecule has 0 atom stereocenters. The Balaban J connectivity index is 1.96. The largest absolute Gasteiger partial charge is 0.334 e. The Morgan fingerprint density at radius 2 is 1.77 bits per heavy atom. The molecule has 0 unspecified atom stereocenters. The molecule has 0 radical (unpaired) electrons. The van der Waals surface area contributed by atoms with Crippen molar-refractivity contribution in [2.45, 2.75) is 33.9 Å². The average molecular weight is 348 g/mol. The number of rotatable bonds is 5. The summed E-state index contributed by atoms with van der Waals surface area (Å²) < 4.78 is 0. The molecule has 1 N–H and O–H groups in total. The van der Waals surface area contributed by atoms with Crippen LogP contribution in [0.3, 0.4) is 0 Å². The van der Waals surface area contributed by atoms with Gasteiger partial charge in [0, 0.05) is 18.0 Å². The molecule has 1 amide bonds. The molecule has 1 aromatic heterocycles. The first-order chi connectivity index (χ1) is 12.5. The monoisotopic (exact) mass is 348 g/mol. The first kappa shape index (κ1) is 17.9. The van der Waals surface area contributed by atoms with E-state index >= 15 is 0 Å². The van der Waals surface area contributed by atoms with Gasteiger partial charge in [0.25, 0.3) is 5.56 Å². The molecule has 26 heavy (non-hydrogen) atoms. The molecule has 0 spiro atoms. The standard InChI is InChI=1S/C22H24N2O2/c1-15(2)22(26)24(13-17-9-5-4-6-10-17)14-19-12-18-11-7-8-16(3)20(18)23-21(19)25/h4-12,15H,13-14H2,1-3H3,(H,23,25). The minimum Gasteiger partial charge on any atom is -0.334 e. The molecule has 0 aliphatic rings. The van der Waals surface area contributed by atoms with Gasteiger partial charge < -0.3 is 9.88 Å². The van der Waals surface area contributed by atoms with Crippen LogP contribution in [-0.2, 0) is 17.9 Å². The van der Waals surface area contributed by atoms with Crippen molar-refractivity contribution in [1.82, 2.24) is 9.88 Å². The van der Waals surface area contributed by atoms with Crippen molar-refractivity contribution in [3.8, 4) is 0 Å². The number of nitrogens with one attached hydrogen (secondary N) is 1. The first-order valence-corrected chi connectivity index (χ1v) is 8.90. The van der Waals surface area contributed by atoms with E-state index in [1.165, 1.54) is 0 Å². The topological polar surface area (TPSA) is 53.2 Å². The van der Waals surface area contributed by atoms with Crippen molar-refractivity contribution >= 4 is 16.8 Å². The minimum atomic E-state index is -0.138. The number of nitrogens with zero attached hydrogens (tertiary/aromatic N) is 1. The summed E-state index contributed by atoms with van der Waals surface area (Å²) in [6.07, 6.45) is 0. The van der Waals surface area contributed by atoms with Crippen molar-refractivity contribution in [2.24, 2.45) is 5.92 Å². The lowest BCUT2D eigenvalue weighted by atomic mass is 10.1. The summed E-state index contributed by atoms with van der Waals surface area (Å²) in [6, 6.07) is 17.7. The number of para-hydroxylation sites is 1. The van der Waals surface area contributed by atoms with Gasteiger partial charge in [0.15, 0.2) is 0 Å². The predicted octanol–water partition coefficient (Wildman–Crippen LogP) is 4.02. The van der Waals surface area contributed by atoms with Gasteiger partial charge in [-0.2, -0.15) is 0 Å². The normalized spacial score (nSPS) is 11.1. The summed E-state index contributed by atoms with van der Waals surface area (Å²) in [7, 11) is 0. The van der Waals surface area contributed by atoms with Crippen LogP contribution in [0, 0.1) is 12.8 Å². The fraction of sp³-hybridized carbons (Fsp3) is 0.273. The number of benzene rings is 2. The van der Waals surface area contributed by atoms with Crippen molar-refractivity contribution in [3.63, 3.8) is 0 Å². The lowest BCUT2D eigenvalue weighted by Crippen LogP contribution is -2.35. The van der Waals surface area contributed by atoms with Crippen LogP contribution in [-0.4, -0.2) is 15.8 Å². The molecule has 0 saturated heterocycles. The molecule has 4 nitrogen and oxygen atoms in total. The van der Waals surface area contributed by atoms with Crippen molar-refractivity contribution in [2.75, 3.05) is 0 Å². The van der Waals surface area contributed by atoms with Crippen LogP contribution in [0.15, 0.2) is 59.4 Å². The number of aromatic nitrogens is 1. The predicted molar refractivity (Wildman–Crippen MR) is 105 cm³/mol. The Morgan fingerprint density at radius 1 is 1.04 bits per heavy atom. The molecule has 4 heteroatoms. The van der Waals surface area contributed by atoms with Crippen LogP contribution < -0.4 is 5.56 Å². The van der Waals surface area contributed by atoms with Crippen LogP contribution in [0.25, 0.3) is 10.9 Å². The first-order valence-electron chi connectivity index (χ1n) is 8.90. The molecule has 1 heterocycles.